The second kappa shape index (κ2) is 4.53. The van der Waals surface area contributed by atoms with Crippen molar-refractivity contribution in [2.45, 2.75) is 32.4 Å². The van der Waals surface area contributed by atoms with Crippen LogP contribution in [-0.4, -0.2) is 50.2 Å². The molecule has 6 nitrogen and oxygen atoms in total. The van der Waals surface area contributed by atoms with Crippen LogP contribution in [0.3, 0.4) is 0 Å². The monoisotopic (exact) mass is 246 g/mol. The van der Waals surface area contributed by atoms with E-state index in [0.29, 0.717) is 12.1 Å². The van der Waals surface area contributed by atoms with E-state index in [9.17, 15) is 0 Å². The molecule has 0 spiro atoms. The van der Waals surface area contributed by atoms with E-state index in [-0.39, 0.29) is 0 Å². The zero-order valence-electron chi connectivity index (χ0n) is 10.7. The molecule has 0 amide bonds. The Morgan fingerprint density at radius 1 is 1.44 bits per heavy atom. The predicted molar refractivity (Wildman–Crippen MR) is 70.4 cm³/mol. The van der Waals surface area contributed by atoms with Crippen LogP contribution in [0.2, 0.25) is 0 Å². The largest absolute Gasteiger partial charge is 0.365 e. The zero-order valence-corrected chi connectivity index (χ0v) is 10.7. The minimum Gasteiger partial charge on any atom is -0.365 e. The van der Waals surface area contributed by atoms with Crippen LogP contribution >= 0.6 is 0 Å². The van der Waals surface area contributed by atoms with Gasteiger partial charge in [-0.1, -0.05) is 0 Å². The third-order valence-corrected chi connectivity index (χ3v) is 3.54. The van der Waals surface area contributed by atoms with Crippen molar-refractivity contribution < 1.29 is 0 Å². The summed E-state index contributed by atoms with van der Waals surface area (Å²) < 4.78 is 0. The van der Waals surface area contributed by atoms with Gasteiger partial charge in [-0.3, -0.25) is 10.00 Å². The Balaban J connectivity index is 1.75. The van der Waals surface area contributed by atoms with Crippen LogP contribution in [0.25, 0.3) is 11.0 Å². The molecule has 1 fully saturated rings. The fourth-order valence-electron chi connectivity index (χ4n) is 2.45. The highest BCUT2D eigenvalue weighted by atomic mass is 15.2. The maximum atomic E-state index is 4.31. The van der Waals surface area contributed by atoms with E-state index in [4.69, 9.17) is 0 Å². The number of nitrogens with one attached hydrogen (secondary N) is 2. The van der Waals surface area contributed by atoms with Crippen molar-refractivity contribution >= 4 is 16.9 Å². The van der Waals surface area contributed by atoms with Gasteiger partial charge in [-0.05, 0) is 20.3 Å². The second-order valence-corrected chi connectivity index (χ2v) is 5.07. The fraction of sp³-hybridized carbons (Fsp3) is 0.583. The normalized spacial score (nSPS) is 20.9. The third kappa shape index (κ3) is 2.03. The highest BCUT2D eigenvalue weighted by Crippen LogP contribution is 2.21. The van der Waals surface area contributed by atoms with Crippen molar-refractivity contribution in [1.82, 2.24) is 25.1 Å². The Morgan fingerprint density at radius 2 is 2.33 bits per heavy atom. The molecule has 96 valence electrons. The summed E-state index contributed by atoms with van der Waals surface area (Å²) in [6.07, 6.45) is 4.49. The van der Waals surface area contributed by atoms with Gasteiger partial charge in [-0.25, -0.2) is 9.97 Å². The number of H-pyrrole nitrogens is 1. The first kappa shape index (κ1) is 11.4. The zero-order chi connectivity index (χ0) is 12.5. The lowest BCUT2D eigenvalue weighted by atomic mass is 10.2. The molecule has 3 heterocycles. The number of hydrogen-bond acceptors (Lipinski definition) is 5. The van der Waals surface area contributed by atoms with Crippen LogP contribution in [0.1, 0.15) is 20.3 Å². The van der Waals surface area contributed by atoms with Crippen molar-refractivity contribution in [3.63, 3.8) is 0 Å². The van der Waals surface area contributed by atoms with Gasteiger partial charge in [0.05, 0.1) is 11.6 Å². The van der Waals surface area contributed by atoms with E-state index in [0.717, 1.165) is 36.4 Å². The van der Waals surface area contributed by atoms with Gasteiger partial charge in [0.1, 0.15) is 12.1 Å². The average Bonchev–Trinajstić information content (AvgIpc) is 2.97. The van der Waals surface area contributed by atoms with Gasteiger partial charge >= 0.3 is 0 Å². The van der Waals surface area contributed by atoms with Crippen molar-refractivity contribution in [2.75, 3.05) is 18.4 Å². The molecule has 6 heteroatoms. The number of rotatable bonds is 3. The lowest BCUT2D eigenvalue weighted by molar-refractivity contribution is 0.274. The Kier molecular flexibility index (Phi) is 2.87. The summed E-state index contributed by atoms with van der Waals surface area (Å²) in [7, 11) is 0. The molecule has 2 aromatic rings. The summed E-state index contributed by atoms with van der Waals surface area (Å²) >= 11 is 0. The van der Waals surface area contributed by atoms with Gasteiger partial charge in [0, 0.05) is 25.2 Å². The van der Waals surface area contributed by atoms with Gasteiger partial charge < -0.3 is 5.32 Å². The van der Waals surface area contributed by atoms with Crippen LogP contribution in [0.5, 0.6) is 0 Å². The molecule has 0 saturated carbocycles. The van der Waals surface area contributed by atoms with Gasteiger partial charge in [-0.2, -0.15) is 5.10 Å². The summed E-state index contributed by atoms with van der Waals surface area (Å²) in [5.74, 6) is 0.879. The highest BCUT2D eigenvalue weighted by molar-refractivity contribution is 5.85. The Morgan fingerprint density at radius 3 is 3.11 bits per heavy atom. The first-order valence-electron chi connectivity index (χ1n) is 6.38. The lowest BCUT2D eigenvalue weighted by Gasteiger charge is -2.20. The first-order valence-corrected chi connectivity index (χ1v) is 6.38. The van der Waals surface area contributed by atoms with Crippen LogP contribution in [0.4, 0.5) is 5.82 Å². The summed E-state index contributed by atoms with van der Waals surface area (Å²) in [4.78, 5) is 10.9. The molecule has 1 aliphatic heterocycles. The van der Waals surface area contributed by atoms with Crippen molar-refractivity contribution in [3.05, 3.63) is 12.5 Å². The maximum absolute atomic E-state index is 4.31. The molecular formula is C12H18N6. The smallest absolute Gasteiger partial charge is 0.160 e. The number of likely N-dealkylation sites (tertiary alicyclic amines) is 1. The molecule has 0 aliphatic carbocycles. The Labute approximate surface area is 106 Å². The fourth-order valence-corrected chi connectivity index (χ4v) is 2.45. The molecule has 2 aromatic heterocycles. The van der Waals surface area contributed by atoms with Gasteiger partial charge in [-0.15, -0.1) is 0 Å². The minimum atomic E-state index is 0.459. The van der Waals surface area contributed by atoms with E-state index in [1.54, 1.807) is 12.5 Å². The Bertz CT molecular complexity index is 534. The SMILES string of the molecule is CC(C)N1CC[C@@H](Nc2ncnc3[nH]ncc23)C1. The summed E-state index contributed by atoms with van der Waals surface area (Å²) in [5, 5.41) is 11.3. The van der Waals surface area contributed by atoms with E-state index in [2.05, 4.69) is 44.2 Å². The molecule has 1 aliphatic rings. The quantitative estimate of drug-likeness (QED) is 0.853. The first-order chi connectivity index (χ1) is 8.74. The van der Waals surface area contributed by atoms with Gasteiger partial charge in [0.15, 0.2) is 5.65 Å². The molecule has 0 unspecified atom stereocenters. The number of aromatic amines is 1. The molecule has 18 heavy (non-hydrogen) atoms. The van der Waals surface area contributed by atoms with E-state index < -0.39 is 0 Å². The van der Waals surface area contributed by atoms with Gasteiger partial charge in [0.25, 0.3) is 0 Å². The van der Waals surface area contributed by atoms with E-state index in [1.807, 2.05) is 0 Å². The molecular weight excluding hydrogens is 228 g/mol. The Hall–Kier alpha value is -1.69. The van der Waals surface area contributed by atoms with E-state index >= 15 is 0 Å². The third-order valence-electron chi connectivity index (χ3n) is 3.54. The topological polar surface area (TPSA) is 69.7 Å². The summed E-state index contributed by atoms with van der Waals surface area (Å²) in [5.41, 5.74) is 0.784. The molecule has 0 bridgehead atoms. The minimum absolute atomic E-state index is 0.459. The van der Waals surface area contributed by atoms with Gasteiger partial charge in [0.2, 0.25) is 0 Å². The molecule has 3 rings (SSSR count). The molecule has 0 aromatic carbocycles. The summed E-state index contributed by atoms with van der Waals surface area (Å²) in [6.45, 7) is 6.69. The number of nitrogens with zero attached hydrogens (tertiary/aromatic N) is 4. The van der Waals surface area contributed by atoms with Crippen LogP contribution in [0.15, 0.2) is 12.5 Å². The molecule has 1 saturated heterocycles. The highest BCUT2D eigenvalue weighted by Gasteiger charge is 2.24. The predicted octanol–water partition coefficient (Wildman–Crippen LogP) is 1.25. The standard InChI is InChI=1S/C12H18N6/c1-8(2)18-4-3-9(6-18)16-11-10-5-15-17-12(10)14-7-13-11/h5,7-9H,3-4,6H2,1-2H3,(H2,13,14,15,16,17)/t9-/m1/s1. The maximum Gasteiger partial charge on any atom is 0.160 e. The average molecular weight is 246 g/mol. The number of anilines is 1. The molecule has 1 atom stereocenters. The van der Waals surface area contributed by atoms with Crippen molar-refractivity contribution in [2.24, 2.45) is 0 Å². The van der Waals surface area contributed by atoms with Crippen molar-refractivity contribution in [1.29, 1.82) is 0 Å². The second-order valence-electron chi connectivity index (χ2n) is 5.07. The lowest BCUT2D eigenvalue weighted by Crippen LogP contribution is -2.31. The molecule has 2 N–H and O–H groups in total. The molecule has 0 radical (unpaired) electrons. The summed E-state index contributed by atoms with van der Waals surface area (Å²) in [6, 6.07) is 1.07. The van der Waals surface area contributed by atoms with Crippen LogP contribution in [0, 0.1) is 0 Å². The van der Waals surface area contributed by atoms with Crippen LogP contribution < -0.4 is 5.32 Å². The number of aromatic nitrogens is 4. The van der Waals surface area contributed by atoms with E-state index in [1.165, 1.54) is 0 Å². The number of fused-ring (bicyclic) bond motifs is 1. The van der Waals surface area contributed by atoms with Crippen LogP contribution in [-0.2, 0) is 0 Å². The number of hydrogen-bond donors (Lipinski definition) is 2. The van der Waals surface area contributed by atoms with Crippen molar-refractivity contribution in [3.8, 4) is 0 Å².